The number of rotatable bonds is 4. The Balaban J connectivity index is 2.41. The molecule has 0 aromatic heterocycles. The fourth-order valence-corrected chi connectivity index (χ4v) is 1.70. The summed E-state index contributed by atoms with van der Waals surface area (Å²) in [5.74, 6) is 0.168. The highest BCUT2D eigenvalue weighted by Gasteiger charge is 2.34. The smallest absolute Gasteiger partial charge is 0.242 e. The molecule has 4 heteroatoms. The lowest BCUT2D eigenvalue weighted by Gasteiger charge is -2.38. The van der Waals surface area contributed by atoms with Crippen LogP contribution in [0, 0.1) is 0 Å². The van der Waals surface area contributed by atoms with Gasteiger partial charge in [-0.05, 0) is 26.7 Å². The number of nitrogens with one attached hydrogen (secondary N) is 1. The van der Waals surface area contributed by atoms with Crippen molar-refractivity contribution in [2.45, 2.75) is 32.2 Å². The summed E-state index contributed by atoms with van der Waals surface area (Å²) in [4.78, 5) is 13.7. The lowest BCUT2D eigenvalue weighted by Crippen LogP contribution is -2.61. The highest BCUT2D eigenvalue weighted by Crippen LogP contribution is 2.12. The summed E-state index contributed by atoms with van der Waals surface area (Å²) in [6.07, 6.45) is 1.66. The molecule has 0 spiro atoms. The average molecular weight is 200 g/mol. The van der Waals surface area contributed by atoms with Crippen LogP contribution < -0.4 is 5.32 Å². The van der Waals surface area contributed by atoms with Crippen LogP contribution in [0.3, 0.4) is 0 Å². The molecular weight excluding hydrogens is 180 g/mol. The van der Waals surface area contributed by atoms with Gasteiger partial charge in [0.15, 0.2) is 0 Å². The van der Waals surface area contributed by atoms with Crippen LogP contribution in [-0.2, 0) is 4.79 Å². The molecule has 1 aliphatic heterocycles. The van der Waals surface area contributed by atoms with Gasteiger partial charge >= 0.3 is 0 Å². The van der Waals surface area contributed by atoms with E-state index in [1.807, 2.05) is 18.7 Å². The molecule has 0 atom stereocenters. The standard InChI is InChI=1S/C10H20N2O2/c1-10(2)9(14)12(7-5-11-10)6-3-4-8-13/h11,13H,3-8H2,1-2H3. The first-order valence-corrected chi connectivity index (χ1v) is 5.23. The van der Waals surface area contributed by atoms with Crippen LogP contribution in [0.5, 0.6) is 0 Å². The molecule has 0 bridgehead atoms. The lowest BCUT2D eigenvalue weighted by atomic mass is 10.0. The summed E-state index contributed by atoms with van der Waals surface area (Å²) in [5, 5.41) is 11.8. The Morgan fingerprint density at radius 3 is 2.86 bits per heavy atom. The summed E-state index contributed by atoms with van der Waals surface area (Å²) in [6.45, 7) is 6.45. The normalized spacial score (nSPS) is 21.4. The van der Waals surface area contributed by atoms with Crippen molar-refractivity contribution in [2.75, 3.05) is 26.2 Å². The van der Waals surface area contributed by atoms with Crippen LogP contribution in [-0.4, -0.2) is 47.7 Å². The molecule has 82 valence electrons. The molecule has 4 nitrogen and oxygen atoms in total. The molecule has 0 aromatic rings. The largest absolute Gasteiger partial charge is 0.396 e. The van der Waals surface area contributed by atoms with Crippen LogP contribution in [0.25, 0.3) is 0 Å². The van der Waals surface area contributed by atoms with Crippen LogP contribution in [0.2, 0.25) is 0 Å². The number of piperazine rings is 1. The van der Waals surface area contributed by atoms with Gasteiger partial charge in [0, 0.05) is 26.2 Å². The van der Waals surface area contributed by atoms with Crippen molar-refractivity contribution in [1.29, 1.82) is 0 Å². The summed E-state index contributed by atoms with van der Waals surface area (Å²) < 4.78 is 0. The molecule has 0 unspecified atom stereocenters. The SMILES string of the molecule is CC1(C)NCCN(CCCCO)C1=O. The molecule has 1 amide bonds. The van der Waals surface area contributed by atoms with Crippen molar-refractivity contribution in [2.24, 2.45) is 0 Å². The van der Waals surface area contributed by atoms with E-state index in [9.17, 15) is 4.79 Å². The van der Waals surface area contributed by atoms with Gasteiger partial charge < -0.3 is 15.3 Å². The van der Waals surface area contributed by atoms with Crippen LogP contribution in [0.15, 0.2) is 0 Å². The van der Waals surface area contributed by atoms with Crippen LogP contribution in [0.4, 0.5) is 0 Å². The van der Waals surface area contributed by atoms with E-state index in [0.29, 0.717) is 0 Å². The Bertz CT molecular complexity index is 204. The zero-order chi connectivity index (χ0) is 10.6. The van der Waals surface area contributed by atoms with E-state index in [2.05, 4.69) is 5.32 Å². The molecule has 0 aliphatic carbocycles. The number of carbonyl (C=O) groups is 1. The van der Waals surface area contributed by atoms with Crippen molar-refractivity contribution in [3.8, 4) is 0 Å². The van der Waals surface area contributed by atoms with Gasteiger partial charge in [-0.1, -0.05) is 0 Å². The van der Waals surface area contributed by atoms with Gasteiger partial charge in [-0.25, -0.2) is 0 Å². The lowest BCUT2D eigenvalue weighted by molar-refractivity contribution is -0.139. The third kappa shape index (κ3) is 2.69. The Kier molecular flexibility index (Phi) is 3.89. The average Bonchev–Trinajstić information content (AvgIpc) is 2.13. The molecule has 0 radical (unpaired) electrons. The Morgan fingerprint density at radius 2 is 2.21 bits per heavy atom. The van der Waals surface area contributed by atoms with Crippen LogP contribution >= 0.6 is 0 Å². The maximum atomic E-state index is 11.8. The predicted molar refractivity (Wildman–Crippen MR) is 55.0 cm³/mol. The van der Waals surface area contributed by atoms with E-state index in [0.717, 1.165) is 32.5 Å². The summed E-state index contributed by atoms with van der Waals surface area (Å²) in [5.41, 5.74) is -0.419. The number of hydrogen-bond acceptors (Lipinski definition) is 3. The number of aliphatic hydroxyl groups excluding tert-OH is 1. The third-order valence-electron chi connectivity index (χ3n) is 2.61. The maximum Gasteiger partial charge on any atom is 0.242 e. The van der Waals surface area contributed by atoms with Gasteiger partial charge in [0.1, 0.15) is 0 Å². The zero-order valence-corrected chi connectivity index (χ0v) is 9.05. The van der Waals surface area contributed by atoms with E-state index < -0.39 is 5.54 Å². The summed E-state index contributed by atoms with van der Waals surface area (Å²) >= 11 is 0. The van der Waals surface area contributed by atoms with Crippen molar-refractivity contribution >= 4 is 5.91 Å². The molecule has 0 aromatic carbocycles. The molecule has 1 heterocycles. The number of nitrogens with zero attached hydrogens (tertiary/aromatic N) is 1. The second-order valence-corrected chi connectivity index (χ2v) is 4.27. The second kappa shape index (κ2) is 4.75. The summed E-state index contributed by atoms with van der Waals surface area (Å²) in [7, 11) is 0. The van der Waals surface area contributed by atoms with Gasteiger partial charge in [-0.2, -0.15) is 0 Å². The molecule has 1 saturated heterocycles. The zero-order valence-electron chi connectivity index (χ0n) is 9.05. The Morgan fingerprint density at radius 1 is 1.50 bits per heavy atom. The molecular formula is C10H20N2O2. The number of carbonyl (C=O) groups excluding carboxylic acids is 1. The molecule has 14 heavy (non-hydrogen) atoms. The van der Waals surface area contributed by atoms with E-state index in [1.54, 1.807) is 0 Å². The third-order valence-corrected chi connectivity index (χ3v) is 2.61. The summed E-state index contributed by atoms with van der Waals surface area (Å²) in [6, 6.07) is 0. The van der Waals surface area contributed by atoms with E-state index in [4.69, 9.17) is 5.11 Å². The number of aliphatic hydroxyl groups is 1. The second-order valence-electron chi connectivity index (χ2n) is 4.27. The molecule has 2 N–H and O–H groups in total. The number of hydrogen-bond donors (Lipinski definition) is 2. The molecule has 1 rings (SSSR count). The van der Waals surface area contributed by atoms with Gasteiger partial charge in [-0.3, -0.25) is 4.79 Å². The maximum absolute atomic E-state index is 11.8. The van der Waals surface area contributed by atoms with Crippen molar-refractivity contribution < 1.29 is 9.90 Å². The minimum absolute atomic E-state index is 0.168. The van der Waals surface area contributed by atoms with E-state index in [-0.39, 0.29) is 12.5 Å². The van der Waals surface area contributed by atoms with Gasteiger partial charge in [0.2, 0.25) is 5.91 Å². The molecule has 0 saturated carbocycles. The Labute approximate surface area is 85.3 Å². The quantitative estimate of drug-likeness (QED) is 0.627. The van der Waals surface area contributed by atoms with Crippen molar-refractivity contribution in [3.63, 3.8) is 0 Å². The van der Waals surface area contributed by atoms with Gasteiger partial charge in [0.25, 0.3) is 0 Å². The first-order valence-electron chi connectivity index (χ1n) is 5.23. The van der Waals surface area contributed by atoms with Crippen molar-refractivity contribution in [1.82, 2.24) is 10.2 Å². The number of unbranched alkanes of at least 4 members (excludes halogenated alkanes) is 1. The highest BCUT2D eigenvalue weighted by molar-refractivity contribution is 5.86. The highest BCUT2D eigenvalue weighted by atomic mass is 16.3. The number of amides is 1. The topological polar surface area (TPSA) is 52.6 Å². The van der Waals surface area contributed by atoms with E-state index in [1.165, 1.54) is 0 Å². The van der Waals surface area contributed by atoms with E-state index >= 15 is 0 Å². The Hall–Kier alpha value is -0.610. The van der Waals surface area contributed by atoms with Crippen LogP contribution in [0.1, 0.15) is 26.7 Å². The first kappa shape index (κ1) is 11.5. The monoisotopic (exact) mass is 200 g/mol. The first-order chi connectivity index (χ1) is 6.58. The minimum atomic E-state index is -0.419. The molecule has 1 aliphatic rings. The predicted octanol–water partition coefficient (Wildman–Crippen LogP) is -0.0307. The van der Waals surface area contributed by atoms with Crippen molar-refractivity contribution in [3.05, 3.63) is 0 Å². The van der Waals surface area contributed by atoms with Gasteiger partial charge in [0.05, 0.1) is 5.54 Å². The minimum Gasteiger partial charge on any atom is -0.396 e. The van der Waals surface area contributed by atoms with Gasteiger partial charge in [-0.15, -0.1) is 0 Å². The fourth-order valence-electron chi connectivity index (χ4n) is 1.70. The fraction of sp³-hybridized carbons (Fsp3) is 0.900. The molecule has 1 fully saturated rings.